The molecular formula is C18H22F2N4O4. The molecule has 1 saturated heterocycles. The molecule has 8 nitrogen and oxygen atoms in total. The Morgan fingerprint density at radius 2 is 1.96 bits per heavy atom. The zero-order valence-corrected chi connectivity index (χ0v) is 15.3. The third-order valence-corrected chi connectivity index (χ3v) is 4.15. The van der Waals surface area contributed by atoms with Crippen molar-refractivity contribution in [1.29, 1.82) is 0 Å². The van der Waals surface area contributed by atoms with E-state index in [1.807, 2.05) is 0 Å². The van der Waals surface area contributed by atoms with Crippen molar-refractivity contribution in [3.05, 3.63) is 41.7 Å². The van der Waals surface area contributed by atoms with Gasteiger partial charge in [-0.1, -0.05) is 0 Å². The quantitative estimate of drug-likeness (QED) is 0.671. The molecule has 0 spiro atoms. The number of carboxylic acid groups (broad SMARTS) is 1. The molecule has 0 radical (unpaired) electrons. The van der Waals surface area contributed by atoms with Gasteiger partial charge in [0.05, 0.1) is 0 Å². The summed E-state index contributed by atoms with van der Waals surface area (Å²) in [4.78, 5) is 22.6. The smallest absolute Gasteiger partial charge is 0.290 e. The molecule has 1 amide bonds. The van der Waals surface area contributed by atoms with Gasteiger partial charge in [0.15, 0.2) is 5.69 Å². The van der Waals surface area contributed by atoms with E-state index < -0.39 is 12.3 Å². The van der Waals surface area contributed by atoms with Crippen molar-refractivity contribution in [3.8, 4) is 5.75 Å². The van der Waals surface area contributed by atoms with Gasteiger partial charge in [-0.2, -0.15) is 5.10 Å². The second-order valence-corrected chi connectivity index (χ2v) is 6.21. The predicted molar refractivity (Wildman–Crippen MR) is 97.8 cm³/mol. The summed E-state index contributed by atoms with van der Waals surface area (Å²) in [7, 11) is 2.09. The monoisotopic (exact) mass is 396 g/mol. The number of piperidine rings is 1. The first kappa shape index (κ1) is 21.3. The zero-order chi connectivity index (χ0) is 20.5. The van der Waals surface area contributed by atoms with E-state index in [1.165, 1.54) is 0 Å². The molecule has 2 aromatic rings. The molecule has 1 aliphatic heterocycles. The number of H-pyrrole nitrogens is 1. The number of nitrogens with one attached hydrogen (secondary N) is 2. The fourth-order valence-electron chi connectivity index (χ4n) is 2.67. The molecular weight excluding hydrogens is 374 g/mol. The maximum atomic E-state index is 12.5. The number of ether oxygens (including phenoxy) is 1. The van der Waals surface area contributed by atoms with Gasteiger partial charge in [-0.25, -0.2) is 8.78 Å². The van der Waals surface area contributed by atoms with Crippen LogP contribution >= 0.6 is 0 Å². The molecule has 1 fully saturated rings. The van der Waals surface area contributed by atoms with Crippen molar-refractivity contribution in [1.82, 2.24) is 15.1 Å². The number of halogens is 2. The first-order valence-corrected chi connectivity index (χ1v) is 8.61. The molecule has 10 heteroatoms. The Bertz CT molecular complexity index is 759. The Kier molecular flexibility index (Phi) is 7.88. The number of amides is 1. The lowest BCUT2D eigenvalue weighted by molar-refractivity contribution is -0.122. The number of carbonyl (C=O) groups excluding carboxylic acids is 1. The van der Waals surface area contributed by atoms with E-state index in [0.29, 0.717) is 5.69 Å². The van der Waals surface area contributed by atoms with Gasteiger partial charge in [-0.3, -0.25) is 14.7 Å². The Hall–Kier alpha value is -3.01. The summed E-state index contributed by atoms with van der Waals surface area (Å²) in [6, 6.07) is 8.02. The number of nitrogens with zero attached hydrogens (tertiary/aromatic N) is 2. The highest BCUT2D eigenvalue weighted by atomic mass is 19.3. The van der Waals surface area contributed by atoms with Crippen molar-refractivity contribution in [2.75, 3.05) is 25.5 Å². The van der Waals surface area contributed by atoms with Crippen LogP contribution in [0.1, 0.15) is 35.4 Å². The summed E-state index contributed by atoms with van der Waals surface area (Å²) in [6.07, 6.45) is -0.514. The van der Waals surface area contributed by atoms with Crippen molar-refractivity contribution in [2.24, 2.45) is 0 Å². The third kappa shape index (κ3) is 6.31. The molecule has 2 heterocycles. The fourth-order valence-corrected chi connectivity index (χ4v) is 2.67. The van der Waals surface area contributed by atoms with Crippen LogP contribution in [0.4, 0.5) is 14.5 Å². The SMILES string of the molecule is CN1CCC(Oc2ccc(NC(=O)c3cc(C(F)F)[nH]n3)cc2)CC1.O=CO. The first-order valence-electron chi connectivity index (χ1n) is 8.61. The number of aromatic nitrogens is 2. The molecule has 3 N–H and O–H groups in total. The second kappa shape index (κ2) is 10.4. The van der Waals surface area contributed by atoms with Crippen LogP contribution < -0.4 is 10.1 Å². The van der Waals surface area contributed by atoms with Gasteiger partial charge in [-0.05, 0) is 50.2 Å². The second-order valence-electron chi connectivity index (χ2n) is 6.21. The lowest BCUT2D eigenvalue weighted by Crippen LogP contribution is -2.35. The minimum Gasteiger partial charge on any atom is -0.490 e. The van der Waals surface area contributed by atoms with Gasteiger partial charge >= 0.3 is 0 Å². The molecule has 1 aromatic heterocycles. The zero-order valence-electron chi connectivity index (χ0n) is 15.3. The van der Waals surface area contributed by atoms with Crippen molar-refractivity contribution in [2.45, 2.75) is 25.4 Å². The van der Waals surface area contributed by atoms with Gasteiger partial charge in [0.2, 0.25) is 0 Å². The Balaban J connectivity index is 0.000000878. The molecule has 152 valence electrons. The minimum atomic E-state index is -2.69. The highest BCUT2D eigenvalue weighted by Crippen LogP contribution is 2.21. The highest BCUT2D eigenvalue weighted by Gasteiger charge is 2.18. The van der Waals surface area contributed by atoms with Gasteiger partial charge in [0.25, 0.3) is 18.8 Å². The van der Waals surface area contributed by atoms with Crippen molar-refractivity contribution < 1.29 is 28.2 Å². The predicted octanol–water partition coefficient (Wildman–Crippen LogP) is 2.77. The number of hydrogen-bond donors (Lipinski definition) is 3. The van der Waals surface area contributed by atoms with Gasteiger partial charge in [-0.15, -0.1) is 0 Å². The molecule has 1 aromatic carbocycles. The van der Waals surface area contributed by atoms with Crippen LogP contribution in [-0.2, 0) is 4.79 Å². The number of anilines is 1. The fraction of sp³-hybridized carbons (Fsp3) is 0.389. The van der Waals surface area contributed by atoms with E-state index in [4.69, 9.17) is 14.6 Å². The standard InChI is InChI=1S/C17H20F2N4O2.CH2O2/c1-23-8-6-13(7-9-23)25-12-4-2-11(3-5-12)20-17(24)15-10-14(16(18)19)21-22-15;2-1-3/h2-5,10,13,16H,6-9H2,1H3,(H,20,24)(H,21,22);1H,(H,2,3). The van der Waals surface area contributed by atoms with Gasteiger partial charge in [0.1, 0.15) is 17.5 Å². The summed E-state index contributed by atoms with van der Waals surface area (Å²) in [5, 5.41) is 15.2. The average Bonchev–Trinajstić information content (AvgIpc) is 3.17. The summed E-state index contributed by atoms with van der Waals surface area (Å²) in [5.74, 6) is 0.194. The van der Waals surface area contributed by atoms with Crippen molar-refractivity contribution in [3.63, 3.8) is 0 Å². The summed E-state index contributed by atoms with van der Waals surface area (Å²) in [6.45, 7) is 1.78. The number of carbonyl (C=O) groups is 2. The van der Waals surface area contributed by atoms with Crippen LogP contribution in [0.3, 0.4) is 0 Å². The van der Waals surface area contributed by atoms with Crippen LogP contribution in [-0.4, -0.2) is 58.8 Å². The van der Waals surface area contributed by atoms with E-state index in [1.54, 1.807) is 24.3 Å². The Morgan fingerprint density at radius 3 is 2.50 bits per heavy atom. The number of alkyl halides is 2. The van der Waals surface area contributed by atoms with E-state index in [9.17, 15) is 13.6 Å². The van der Waals surface area contributed by atoms with Crippen LogP contribution in [0, 0.1) is 0 Å². The lowest BCUT2D eigenvalue weighted by Gasteiger charge is -2.29. The molecule has 3 rings (SSSR count). The topological polar surface area (TPSA) is 108 Å². The maximum absolute atomic E-state index is 12.5. The van der Waals surface area contributed by atoms with Gasteiger partial charge < -0.3 is 20.1 Å². The van der Waals surface area contributed by atoms with Crippen LogP contribution in [0.25, 0.3) is 0 Å². The summed E-state index contributed by atoms with van der Waals surface area (Å²) in [5.41, 5.74) is 0.0799. The number of benzene rings is 1. The largest absolute Gasteiger partial charge is 0.490 e. The Morgan fingerprint density at radius 1 is 1.36 bits per heavy atom. The number of hydrogen-bond acceptors (Lipinski definition) is 5. The van der Waals surface area contributed by atoms with E-state index >= 15 is 0 Å². The third-order valence-electron chi connectivity index (χ3n) is 4.15. The minimum absolute atomic E-state index is 0.0815. The first-order chi connectivity index (χ1) is 13.4. The van der Waals surface area contributed by atoms with Crippen LogP contribution in [0.15, 0.2) is 30.3 Å². The van der Waals surface area contributed by atoms with Gasteiger partial charge in [0, 0.05) is 18.8 Å². The molecule has 0 bridgehead atoms. The van der Waals surface area contributed by atoms with Crippen molar-refractivity contribution >= 4 is 18.1 Å². The summed E-state index contributed by atoms with van der Waals surface area (Å²) < 4.78 is 31.0. The lowest BCUT2D eigenvalue weighted by atomic mass is 10.1. The molecule has 0 aliphatic carbocycles. The number of aromatic amines is 1. The maximum Gasteiger partial charge on any atom is 0.290 e. The molecule has 1 aliphatic rings. The molecule has 0 atom stereocenters. The molecule has 0 unspecified atom stereocenters. The summed E-state index contributed by atoms with van der Waals surface area (Å²) >= 11 is 0. The molecule has 28 heavy (non-hydrogen) atoms. The normalized spacial score (nSPS) is 14.9. The van der Waals surface area contributed by atoms with E-state index in [-0.39, 0.29) is 24.0 Å². The van der Waals surface area contributed by atoms with Crippen LogP contribution in [0.2, 0.25) is 0 Å². The van der Waals surface area contributed by atoms with E-state index in [0.717, 1.165) is 37.7 Å². The van der Waals surface area contributed by atoms with E-state index in [2.05, 4.69) is 27.5 Å². The Labute approximate surface area is 160 Å². The van der Waals surface area contributed by atoms with Crippen LogP contribution in [0.5, 0.6) is 5.75 Å². The average molecular weight is 396 g/mol. The highest BCUT2D eigenvalue weighted by molar-refractivity contribution is 6.02. The number of likely N-dealkylation sites (tertiary alicyclic amines) is 1. The molecule has 0 saturated carbocycles. The number of rotatable bonds is 5.